The molecule has 3 amide bonds. The van der Waals surface area contributed by atoms with Gasteiger partial charge in [0.1, 0.15) is 22.5 Å². The van der Waals surface area contributed by atoms with Gasteiger partial charge < -0.3 is 9.64 Å². The first kappa shape index (κ1) is 25.6. The fourth-order valence-corrected chi connectivity index (χ4v) is 7.14. The molecule has 5 rings (SSSR count). The summed E-state index contributed by atoms with van der Waals surface area (Å²) in [5.74, 6) is -4.40. The van der Waals surface area contributed by atoms with Gasteiger partial charge in [-0.3, -0.25) is 14.9 Å². The van der Waals surface area contributed by atoms with E-state index in [0.717, 1.165) is 11.8 Å². The maximum absolute atomic E-state index is 15.4. The van der Waals surface area contributed by atoms with Gasteiger partial charge in [0.2, 0.25) is 5.91 Å². The Labute approximate surface area is 216 Å². The first-order chi connectivity index (χ1) is 17.2. The molecule has 37 heavy (non-hydrogen) atoms. The Hall–Kier alpha value is -3.05. The van der Waals surface area contributed by atoms with Crippen molar-refractivity contribution < 1.29 is 32.3 Å². The van der Waals surface area contributed by atoms with E-state index >= 15 is 13.2 Å². The Morgan fingerprint density at radius 2 is 1.54 bits per heavy atom. The Morgan fingerprint density at radius 3 is 2.11 bits per heavy atom. The van der Waals surface area contributed by atoms with E-state index < -0.39 is 51.9 Å². The maximum Gasteiger partial charge on any atom is 0.421 e. The van der Waals surface area contributed by atoms with Crippen LogP contribution in [0.15, 0.2) is 48.5 Å². The van der Waals surface area contributed by atoms with E-state index in [2.05, 4.69) is 5.32 Å². The van der Waals surface area contributed by atoms with Gasteiger partial charge in [0.25, 0.3) is 5.91 Å². The first-order valence-electron chi connectivity index (χ1n) is 11.6. The standard InChI is InChI=1S/C26H26F3N3O4S/c1-23(2,3)36-22(35)32-17-13-9-6-10-14(17)24(20(32)33)18(26(27,28)29)25(30-19(24)37-5)15-11-7-8-12-16(15)31(4)21(25)34/h6-13,18-19,30H,1-5H3/t18-,19?,24+,25-/m0/s1. The lowest BCUT2D eigenvalue weighted by Crippen LogP contribution is -2.59. The number of benzene rings is 2. The molecule has 11 heteroatoms. The zero-order chi connectivity index (χ0) is 27.1. The fourth-order valence-electron chi connectivity index (χ4n) is 6.10. The third-order valence-electron chi connectivity index (χ3n) is 7.28. The minimum Gasteiger partial charge on any atom is -0.443 e. The van der Waals surface area contributed by atoms with E-state index in [4.69, 9.17) is 4.74 Å². The molecular weight excluding hydrogens is 507 g/mol. The summed E-state index contributed by atoms with van der Waals surface area (Å²) >= 11 is 1.000. The Bertz CT molecular complexity index is 1330. The first-order valence-corrected chi connectivity index (χ1v) is 12.9. The molecule has 1 fully saturated rings. The number of rotatable bonds is 1. The Balaban J connectivity index is 1.83. The number of ether oxygens (including phenoxy) is 1. The Morgan fingerprint density at radius 1 is 0.973 bits per heavy atom. The van der Waals surface area contributed by atoms with Gasteiger partial charge in [-0.1, -0.05) is 36.4 Å². The van der Waals surface area contributed by atoms with Crippen LogP contribution in [-0.4, -0.2) is 48.4 Å². The molecule has 4 atom stereocenters. The number of hydrogen-bond donors (Lipinski definition) is 1. The van der Waals surface area contributed by atoms with Crippen LogP contribution >= 0.6 is 11.8 Å². The summed E-state index contributed by atoms with van der Waals surface area (Å²) in [6.07, 6.45) is -4.51. The summed E-state index contributed by atoms with van der Waals surface area (Å²) in [4.78, 5) is 43.3. The number of halogens is 3. The van der Waals surface area contributed by atoms with Crippen molar-refractivity contribution >= 4 is 41.0 Å². The van der Waals surface area contributed by atoms with E-state index in [1.54, 1.807) is 51.3 Å². The molecule has 1 N–H and O–H groups in total. The van der Waals surface area contributed by atoms with Gasteiger partial charge in [0.05, 0.1) is 11.1 Å². The lowest BCUT2D eigenvalue weighted by Gasteiger charge is -2.38. The highest BCUT2D eigenvalue weighted by Gasteiger charge is 2.81. The second-order valence-electron chi connectivity index (χ2n) is 10.4. The third kappa shape index (κ3) is 3.22. The molecule has 1 saturated heterocycles. The number of nitrogens with zero attached hydrogens (tertiary/aromatic N) is 2. The normalized spacial score (nSPS) is 28.9. The summed E-state index contributed by atoms with van der Waals surface area (Å²) in [6.45, 7) is 4.81. The number of likely N-dealkylation sites (N-methyl/N-ethyl adjacent to an activating group) is 1. The van der Waals surface area contributed by atoms with E-state index in [9.17, 15) is 14.4 Å². The number of fused-ring (bicyclic) bond motifs is 4. The number of nitrogens with one attached hydrogen (secondary N) is 1. The molecular formula is C26H26F3N3O4S. The minimum atomic E-state index is -5.02. The van der Waals surface area contributed by atoms with Gasteiger partial charge in [-0.25, -0.2) is 9.69 Å². The molecule has 2 spiro atoms. The minimum absolute atomic E-state index is 0.0148. The average Bonchev–Trinajstić information content (AvgIpc) is 3.35. The monoisotopic (exact) mass is 533 g/mol. The predicted octanol–water partition coefficient (Wildman–Crippen LogP) is 4.55. The number of para-hydroxylation sites is 2. The van der Waals surface area contributed by atoms with Crippen LogP contribution in [0.4, 0.5) is 29.3 Å². The molecule has 196 valence electrons. The Kier molecular flexibility index (Phi) is 5.52. The van der Waals surface area contributed by atoms with Crippen molar-refractivity contribution in [3.8, 4) is 0 Å². The molecule has 7 nitrogen and oxygen atoms in total. The van der Waals surface area contributed by atoms with Crippen molar-refractivity contribution in [2.24, 2.45) is 5.92 Å². The van der Waals surface area contributed by atoms with E-state index in [1.807, 2.05) is 0 Å². The van der Waals surface area contributed by atoms with Gasteiger partial charge in [0, 0.05) is 18.3 Å². The molecule has 0 aromatic heterocycles. The predicted molar refractivity (Wildman–Crippen MR) is 133 cm³/mol. The average molecular weight is 534 g/mol. The number of alkyl halides is 3. The zero-order valence-electron chi connectivity index (χ0n) is 20.8. The molecule has 3 aliphatic rings. The number of amides is 3. The summed E-state index contributed by atoms with van der Waals surface area (Å²) in [5, 5.41) is 1.78. The van der Waals surface area contributed by atoms with Gasteiger partial charge in [0.15, 0.2) is 0 Å². The number of thioether (sulfide) groups is 1. The van der Waals surface area contributed by atoms with Gasteiger partial charge >= 0.3 is 12.3 Å². The van der Waals surface area contributed by atoms with Crippen molar-refractivity contribution in [2.45, 2.75) is 48.9 Å². The van der Waals surface area contributed by atoms with Gasteiger partial charge in [-0.15, -0.1) is 11.8 Å². The molecule has 3 aliphatic heterocycles. The largest absolute Gasteiger partial charge is 0.443 e. The molecule has 2 aromatic rings. The van der Waals surface area contributed by atoms with E-state index in [0.29, 0.717) is 10.6 Å². The smallest absolute Gasteiger partial charge is 0.421 e. The molecule has 3 heterocycles. The molecule has 0 saturated carbocycles. The van der Waals surface area contributed by atoms with Crippen LogP contribution in [0.25, 0.3) is 0 Å². The number of hydrogen-bond acceptors (Lipinski definition) is 6. The van der Waals surface area contributed by atoms with E-state index in [1.165, 1.54) is 36.2 Å². The number of imide groups is 1. The summed E-state index contributed by atoms with van der Waals surface area (Å²) in [5.41, 5.74) is -5.08. The van der Waals surface area contributed by atoms with Crippen LogP contribution in [0.1, 0.15) is 31.9 Å². The molecule has 0 bridgehead atoms. The highest BCUT2D eigenvalue weighted by molar-refractivity contribution is 7.99. The maximum atomic E-state index is 15.4. The molecule has 0 radical (unpaired) electrons. The van der Waals surface area contributed by atoms with Crippen LogP contribution in [-0.2, 0) is 25.3 Å². The van der Waals surface area contributed by atoms with Crippen LogP contribution in [0.2, 0.25) is 0 Å². The SMILES string of the molecule is CSC1N[C@]2(C(=O)N(C)c3ccccc32)[C@@H](C(F)(F)F)[C@@]12C(=O)N(C(=O)OC(C)(C)C)c1ccccc12. The molecule has 2 aromatic carbocycles. The second kappa shape index (κ2) is 7.97. The number of anilines is 2. The zero-order valence-corrected chi connectivity index (χ0v) is 21.7. The van der Waals surface area contributed by atoms with Gasteiger partial charge in [-0.2, -0.15) is 13.2 Å². The van der Waals surface area contributed by atoms with Crippen molar-refractivity contribution in [1.29, 1.82) is 0 Å². The number of carbonyl (C=O) groups excluding carboxylic acids is 3. The fraction of sp³-hybridized carbons (Fsp3) is 0.423. The van der Waals surface area contributed by atoms with Crippen LogP contribution < -0.4 is 15.1 Å². The van der Waals surface area contributed by atoms with Crippen molar-refractivity contribution in [2.75, 3.05) is 23.1 Å². The summed E-state index contributed by atoms with van der Waals surface area (Å²) in [7, 11) is 1.42. The van der Waals surface area contributed by atoms with Crippen LogP contribution in [0, 0.1) is 5.92 Å². The number of carbonyl (C=O) groups is 3. The molecule has 0 aliphatic carbocycles. The highest BCUT2D eigenvalue weighted by Crippen LogP contribution is 2.66. The second-order valence-corrected chi connectivity index (χ2v) is 11.4. The lowest BCUT2D eigenvalue weighted by molar-refractivity contribution is -0.205. The van der Waals surface area contributed by atoms with Crippen molar-refractivity contribution in [1.82, 2.24) is 5.32 Å². The molecule has 1 unspecified atom stereocenters. The highest BCUT2D eigenvalue weighted by atomic mass is 32.2. The van der Waals surface area contributed by atoms with Crippen LogP contribution in [0.5, 0.6) is 0 Å². The lowest BCUT2D eigenvalue weighted by atomic mass is 9.64. The summed E-state index contributed by atoms with van der Waals surface area (Å²) in [6, 6.07) is 12.2. The summed E-state index contributed by atoms with van der Waals surface area (Å²) < 4.78 is 51.7. The van der Waals surface area contributed by atoms with Crippen LogP contribution in [0.3, 0.4) is 0 Å². The quantitative estimate of drug-likeness (QED) is 0.580. The van der Waals surface area contributed by atoms with Gasteiger partial charge in [-0.05, 0) is 44.7 Å². The third-order valence-corrected chi connectivity index (χ3v) is 8.24. The topological polar surface area (TPSA) is 79.0 Å². The van der Waals surface area contributed by atoms with Crippen molar-refractivity contribution in [3.63, 3.8) is 0 Å². The van der Waals surface area contributed by atoms with E-state index in [-0.39, 0.29) is 16.8 Å². The van der Waals surface area contributed by atoms with Crippen molar-refractivity contribution in [3.05, 3.63) is 59.7 Å².